The minimum Gasteiger partial charge on any atom is -1.00 e. The zero-order valence-corrected chi connectivity index (χ0v) is 33.1. The summed E-state index contributed by atoms with van der Waals surface area (Å²) in [4.78, 5) is 24.9. The Bertz CT molecular complexity index is 1570. The molecule has 7 nitrogen and oxygen atoms in total. The number of aldehydes is 1. The Balaban J connectivity index is 0.00000176. The summed E-state index contributed by atoms with van der Waals surface area (Å²) in [5.41, 5.74) is 7.02. The van der Waals surface area contributed by atoms with Crippen molar-refractivity contribution in [2.45, 2.75) is 25.9 Å². The number of piperazine rings is 6. The number of likely N-dealkylation sites (N-methyl/N-ethyl adjacent to an activating group) is 2. The molecule has 0 radical (unpaired) electrons. The van der Waals surface area contributed by atoms with Gasteiger partial charge in [0.2, 0.25) is 0 Å². The number of quaternary nitrogens is 4. The molecule has 0 aliphatic carbocycles. The first kappa shape index (κ1) is 43.2. The van der Waals surface area contributed by atoms with Gasteiger partial charge in [0.25, 0.3) is 0 Å². The smallest absolute Gasteiger partial charge is 0.307 e. The van der Waals surface area contributed by atoms with Crippen molar-refractivity contribution >= 4 is 12.3 Å². The molecule has 280 valence electrons. The van der Waals surface area contributed by atoms with Crippen LogP contribution in [0.25, 0.3) is 11.1 Å². The van der Waals surface area contributed by atoms with Crippen LogP contribution in [-0.2, 0) is 35.5 Å². The van der Waals surface area contributed by atoms with Crippen LogP contribution in [0.4, 0.5) is 0 Å². The number of carboxylic acid groups (broad SMARTS) is 1. The number of halogens is 4. The summed E-state index contributed by atoms with van der Waals surface area (Å²) in [6.07, 6.45) is 1.66. The SMILES string of the molecule is C[N+]12CC[N+](Cc3ccc(-c4ccc(C[C@H](C(=O)O)[C@@H](C=O)Cc5cccc(C[N+]67CC[N+](C)(CC6)CC7)c5)cc4)cc3)(CC1)CC2.[Cl-].[Cl-].[Cl-].[Cl-]. The van der Waals surface area contributed by atoms with Crippen molar-refractivity contribution in [2.75, 3.05) is 92.6 Å². The van der Waals surface area contributed by atoms with E-state index in [-0.39, 0.29) is 49.6 Å². The first-order valence-corrected chi connectivity index (χ1v) is 17.9. The van der Waals surface area contributed by atoms with E-state index in [1.54, 1.807) is 0 Å². The van der Waals surface area contributed by atoms with E-state index < -0.39 is 17.8 Å². The maximum absolute atomic E-state index is 12.5. The summed E-state index contributed by atoms with van der Waals surface area (Å²) in [5, 5.41) is 10.2. The van der Waals surface area contributed by atoms with Crippen LogP contribution in [0.1, 0.15) is 22.3 Å². The third-order valence-electron chi connectivity index (χ3n) is 12.9. The van der Waals surface area contributed by atoms with Crippen molar-refractivity contribution in [1.82, 2.24) is 0 Å². The zero-order chi connectivity index (χ0) is 32.7. The average Bonchev–Trinajstić information content (AvgIpc) is 3.08. The molecule has 0 aromatic heterocycles. The lowest BCUT2D eigenvalue weighted by Gasteiger charge is -2.54. The summed E-state index contributed by atoms with van der Waals surface area (Å²) in [7, 11) is 4.80. The van der Waals surface area contributed by atoms with Gasteiger partial charge in [-0.3, -0.25) is 4.79 Å². The maximum Gasteiger partial charge on any atom is 0.307 e. The monoisotopic (exact) mass is 778 g/mol. The molecule has 6 heterocycles. The minimum absolute atomic E-state index is 0. The molecule has 6 aliphatic rings. The van der Waals surface area contributed by atoms with Gasteiger partial charge in [0, 0.05) is 17.0 Å². The molecule has 51 heavy (non-hydrogen) atoms. The average molecular weight is 781 g/mol. The third kappa shape index (κ3) is 9.68. The van der Waals surface area contributed by atoms with Gasteiger partial charge >= 0.3 is 5.97 Å². The van der Waals surface area contributed by atoms with Gasteiger partial charge in [-0.05, 0) is 35.1 Å². The van der Waals surface area contributed by atoms with Crippen LogP contribution in [0, 0.1) is 11.8 Å². The number of carboxylic acids is 1. The quantitative estimate of drug-likeness (QED) is 0.147. The topological polar surface area (TPSA) is 54.4 Å². The van der Waals surface area contributed by atoms with E-state index in [0.29, 0.717) is 12.8 Å². The molecule has 4 bridgehead atoms. The van der Waals surface area contributed by atoms with Gasteiger partial charge < -0.3 is 77.5 Å². The fourth-order valence-corrected chi connectivity index (χ4v) is 9.04. The first-order chi connectivity index (χ1) is 22.6. The fourth-order valence-electron chi connectivity index (χ4n) is 9.04. The lowest BCUT2D eigenvalue weighted by molar-refractivity contribution is -1.08. The van der Waals surface area contributed by atoms with Gasteiger partial charge in [-0.25, -0.2) is 0 Å². The molecule has 1 N–H and O–H groups in total. The van der Waals surface area contributed by atoms with E-state index >= 15 is 0 Å². The van der Waals surface area contributed by atoms with Crippen LogP contribution in [0.2, 0.25) is 0 Å². The normalized spacial score (nSPS) is 28.5. The van der Waals surface area contributed by atoms with E-state index in [1.807, 2.05) is 12.1 Å². The highest BCUT2D eigenvalue weighted by Gasteiger charge is 2.47. The summed E-state index contributed by atoms with van der Waals surface area (Å²) in [5.74, 6) is -2.25. The zero-order valence-electron chi connectivity index (χ0n) is 30.0. The molecule has 2 atom stereocenters. The number of rotatable bonds is 12. The maximum atomic E-state index is 12.5. The molecule has 6 saturated heterocycles. The van der Waals surface area contributed by atoms with Gasteiger partial charge in [0.15, 0.2) is 0 Å². The van der Waals surface area contributed by atoms with Crippen LogP contribution in [0.3, 0.4) is 0 Å². The van der Waals surface area contributed by atoms with Crippen molar-refractivity contribution in [2.24, 2.45) is 11.8 Å². The number of hydrogen-bond donors (Lipinski definition) is 1. The Morgan fingerprint density at radius 2 is 1.00 bits per heavy atom. The van der Waals surface area contributed by atoms with E-state index in [2.05, 4.69) is 74.8 Å². The molecular formula is C40H54Cl4N4O3. The summed E-state index contributed by atoms with van der Waals surface area (Å²) < 4.78 is 4.86. The predicted molar refractivity (Wildman–Crippen MR) is 185 cm³/mol. The standard InChI is InChI=1S/C40H53N4O3.4ClH/c1-41-14-20-43(21-15-41,22-16-41)29-33-8-12-37(13-9-33)36-10-6-32(7-11-36)28-39(40(46)47)38(31-45)27-34-4-3-5-35(26-34)30-44-23-17-42(2,18-24-44)19-25-44;;;;/h3-13,26,31,38-39H,14-25,27-30H2,1-2H3;4*1H/q+3;;;;/p-3/t38-,39+,41?,42?,43?,44?;;;;/m1..../s1. The molecule has 0 unspecified atom stereocenters. The van der Waals surface area contributed by atoms with Crippen LogP contribution < -0.4 is 49.6 Å². The largest absolute Gasteiger partial charge is 1.00 e. The second kappa shape index (κ2) is 17.3. The highest BCUT2D eigenvalue weighted by molar-refractivity contribution is 5.75. The molecule has 0 amide bonds. The Morgan fingerprint density at radius 1 is 0.588 bits per heavy atom. The van der Waals surface area contributed by atoms with E-state index in [4.69, 9.17) is 0 Å². The van der Waals surface area contributed by atoms with Crippen LogP contribution in [-0.4, -0.2) is 128 Å². The highest BCUT2D eigenvalue weighted by Crippen LogP contribution is 2.30. The number of fused-ring (bicyclic) bond motifs is 6. The minimum atomic E-state index is -0.906. The van der Waals surface area contributed by atoms with Gasteiger partial charge in [-0.15, -0.1) is 0 Å². The summed E-state index contributed by atoms with van der Waals surface area (Å²) in [6, 6.07) is 25.8. The van der Waals surface area contributed by atoms with Gasteiger partial charge in [0.1, 0.15) is 97.9 Å². The molecule has 3 aromatic carbocycles. The number of benzene rings is 3. The molecule has 9 rings (SSSR count). The van der Waals surface area contributed by atoms with Crippen LogP contribution in [0.5, 0.6) is 0 Å². The molecule has 3 aromatic rings. The lowest BCUT2D eigenvalue weighted by atomic mass is 9.83. The molecule has 6 aliphatic heterocycles. The number of carbonyl (C=O) groups is 2. The number of aliphatic carboxylic acids is 1. The van der Waals surface area contributed by atoms with Gasteiger partial charge in [-0.1, -0.05) is 72.8 Å². The number of carbonyl (C=O) groups excluding carboxylic acids is 1. The van der Waals surface area contributed by atoms with Gasteiger partial charge in [0.05, 0.1) is 20.0 Å². The van der Waals surface area contributed by atoms with E-state index in [0.717, 1.165) is 40.5 Å². The second-order valence-electron chi connectivity index (χ2n) is 16.3. The lowest BCUT2D eigenvalue weighted by Crippen LogP contribution is -3.00. The second-order valence-corrected chi connectivity index (χ2v) is 16.3. The van der Waals surface area contributed by atoms with Crippen molar-refractivity contribution in [3.63, 3.8) is 0 Å². The van der Waals surface area contributed by atoms with E-state index in [1.165, 1.54) is 109 Å². The molecule has 0 saturated carbocycles. The molecule has 11 heteroatoms. The molecular weight excluding hydrogens is 726 g/mol. The van der Waals surface area contributed by atoms with Crippen molar-refractivity contribution in [1.29, 1.82) is 0 Å². The fraction of sp³-hybridized carbons (Fsp3) is 0.500. The summed E-state index contributed by atoms with van der Waals surface area (Å²) in [6.45, 7) is 17.3. The van der Waals surface area contributed by atoms with Crippen molar-refractivity contribution < 1.29 is 82.3 Å². The predicted octanol–water partition coefficient (Wildman–Crippen LogP) is -7.75. The third-order valence-corrected chi connectivity index (χ3v) is 12.9. The Kier molecular flexibility index (Phi) is 14.7. The first-order valence-electron chi connectivity index (χ1n) is 17.9. The van der Waals surface area contributed by atoms with E-state index in [9.17, 15) is 14.7 Å². The van der Waals surface area contributed by atoms with Gasteiger partial charge in [-0.2, -0.15) is 0 Å². The van der Waals surface area contributed by atoms with Crippen molar-refractivity contribution in [3.05, 3.63) is 95.1 Å². The Hall–Kier alpha value is -2.20. The summed E-state index contributed by atoms with van der Waals surface area (Å²) >= 11 is 0. The Labute approximate surface area is 329 Å². The van der Waals surface area contributed by atoms with Crippen LogP contribution >= 0.6 is 0 Å². The van der Waals surface area contributed by atoms with Crippen LogP contribution in [0.15, 0.2) is 72.8 Å². The number of hydrogen-bond acceptors (Lipinski definition) is 2. The highest BCUT2D eigenvalue weighted by atomic mass is 35.5. The van der Waals surface area contributed by atoms with Crippen molar-refractivity contribution in [3.8, 4) is 11.1 Å². The molecule has 6 fully saturated rings. The Morgan fingerprint density at radius 3 is 1.43 bits per heavy atom. The number of nitrogens with zero attached hydrogens (tertiary/aromatic N) is 4. The molecule has 0 spiro atoms.